The van der Waals surface area contributed by atoms with Crippen LogP contribution in [-0.4, -0.2) is 33.4 Å². The zero-order valence-corrected chi connectivity index (χ0v) is 12.3. The minimum Gasteiger partial charge on any atom is -0.343 e. The summed E-state index contributed by atoms with van der Waals surface area (Å²) in [5.41, 5.74) is 2.10. The zero-order valence-electron chi connectivity index (χ0n) is 11.5. The van der Waals surface area contributed by atoms with Gasteiger partial charge in [0.05, 0.1) is 11.0 Å². The highest BCUT2D eigenvalue weighted by molar-refractivity contribution is 7.71. The molecule has 0 radical (unpaired) electrons. The number of nitrogens with one attached hydrogen (secondary N) is 1. The molecule has 0 aliphatic carbocycles. The van der Waals surface area contributed by atoms with Crippen LogP contribution < -0.4 is 0 Å². The maximum absolute atomic E-state index is 12.2. The largest absolute Gasteiger partial charge is 0.343 e. The third-order valence-corrected chi connectivity index (χ3v) is 4.26. The number of aromatic nitrogens is 2. The van der Waals surface area contributed by atoms with E-state index in [1.54, 1.807) is 0 Å². The molecule has 1 amide bonds. The van der Waals surface area contributed by atoms with E-state index in [2.05, 4.69) is 4.98 Å². The first-order valence-corrected chi connectivity index (χ1v) is 7.62. The molecule has 0 bridgehead atoms. The molecule has 20 heavy (non-hydrogen) atoms. The summed E-state index contributed by atoms with van der Waals surface area (Å²) in [7, 11) is 0. The van der Waals surface area contributed by atoms with Gasteiger partial charge in [0.2, 0.25) is 5.91 Å². The lowest BCUT2D eigenvalue weighted by molar-refractivity contribution is -0.132. The zero-order chi connectivity index (χ0) is 13.9. The number of benzene rings is 1. The topological polar surface area (TPSA) is 41.0 Å². The Hall–Kier alpha value is -1.62. The number of hydrogen-bond donors (Lipinski definition) is 1. The fourth-order valence-corrected chi connectivity index (χ4v) is 3.14. The number of carbonyl (C=O) groups is 1. The van der Waals surface area contributed by atoms with Gasteiger partial charge in [0.25, 0.3) is 0 Å². The Morgan fingerprint density at radius 3 is 2.75 bits per heavy atom. The molecular formula is C15H19N3OS. The van der Waals surface area contributed by atoms with Gasteiger partial charge in [0.15, 0.2) is 4.77 Å². The van der Waals surface area contributed by atoms with Gasteiger partial charge < -0.3 is 14.5 Å². The number of hydrogen-bond acceptors (Lipinski definition) is 2. The van der Waals surface area contributed by atoms with Crippen LogP contribution in [0.15, 0.2) is 24.3 Å². The number of nitrogens with zero attached hydrogens (tertiary/aromatic N) is 2. The second kappa shape index (κ2) is 5.79. The number of H-pyrrole nitrogens is 1. The highest BCUT2D eigenvalue weighted by atomic mass is 32.1. The summed E-state index contributed by atoms with van der Waals surface area (Å²) in [6.07, 6.45) is 4.05. The van der Waals surface area contributed by atoms with Crippen molar-refractivity contribution in [3.8, 4) is 0 Å². The molecule has 106 valence electrons. The number of aromatic amines is 1. The number of amides is 1. The molecule has 1 aromatic carbocycles. The Bertz CT molecular complexity index is 667. The first kappa shape index (κ1) is 13.4. The van der Waals surface area contributed by atoms with E-state index in [1.807, 2.05) is 33.7 Å². The van der Waals surface area contributed by atoms with Gasteiger partial charge in [-0.15, -0.1) is 0 Å². The van der Waals surface area contributed by atoms with Gasteiger partial charge >= 0.3 is 0 Å². The van der Waals surface area contributed by atoms with Crippen LogP contribution in [0.4, 0.5) is 0 Å². The molecule has 1 aliphatic rings. The molecule has 0 unspecified atom stereocenters. The Morgan fingerprint density at radius 1 is 1.20 bits per heavy atom. The lowest BCUT2D eigenvalue weighted by atomic mass is 10.1. The van der Waals surface area contributed by atoms with Gasteiger partial charge in [-0.1, -0.05) is 12.1 Å². The summed E-state index contributed by atoms with van der Waals surface area (Å²) in [5, 5.41) is 0. The standard InChI is InChI=1S/C15H19N3OS/c19-14(17-9-4-1-5-10-17)8-11-18-13-7-3-2-6-12(13)16-15(18)20/h2-3,6-7H,1,4-5,8-11H2,(H,16,20). The summed E-state index contributed by atoms with van der Waals surface area (Å²) >= 11 is 5.34. The van der Waals surface area contributed by atoms with Crippen molar-refractivity contribution >= 4 is 29.2 Å². The number of carbonyl (C=O) groups excluding carboxylic acids is 1. The van der Waals surface area contributed by atoms with E-state index >= 15 is 0 Å². The Labute approximate surface area is 123 Å². The van der Waals surface area contributed by atoms with Crippen molar-refractivity contribution in [3.05, 3.63) is 29.0 Å². The Kier molecular flexibility index (Phi) is 3.87. The van der Waals surface area contributed by atoms with E-state index in [4.69, 9.17) is 12.2 Å². The molecule has 2 heterocycles. The first-order chi connectivity index (χ1) is 9.75. The monoisotopic (exact) mass is 289 g/mol. The number of para-hydroxylation sites is 2. The summed E-state index contributed by atoms with van der Waals surface area (Å²) in [5.74, 6) is 0.247. The molecule has 1 N–H and O–H groups in total. The molecule has 0 saturated carbocycles. The van der Waals surface area contributed by atoms with E-state index in [-0.39, 0.29) is 5.91 Å². The van der Waals surface area contributed by atoms with Crippen molar-refractivity contribution < 1.29 is 4.79 Å². The van der Waals surface area contributed by atoms with E-state index < -0.39 is 0 Å². The maximum atomic E-state index is 12.2. The predicted molar refractivity (Wildman–Crippen MR) is 82.2 cm³/mol. The van der Waals surface area contributed by atoms with E-state index in [0.717, 1.165) is 37.0 Å². The van der Waals surface area contributed by atoms with Crippen molar-refractivity contribution in [3.63, 3.8) is 0 Å². The highest BCUT2D eigenvalue weighted by Gasteiger charge is 2.16. The average molecular weight is 289 g/mol. The van der Waals surface area contributed by atoms with Crippen LogP contribution in [-0.2, 0) is 11.3 Å². The fraction of sp³-hybridized carbons (Fsp3) is 0.467. The molecule has 1 aromatic heterocycles. The van der Waals surface area contributed by atoms with Gasteiger partial charge in [0, 0.05) is 26.1 Å². The molecular weight excluding hydrogens is 270 g/mol. The van der Waals surface area contributed by atoms with Crippen molar-refractivity contribution in [2.75, 3.05) is 13.1 Å². The third-order valence-electron chi connectivity index (χ3n) is 3.94. The van der Waals surface area contributed by atoms with Crippen LogP contribution >= 0.6 is 12.2 Å². The van der Waals surface area contributed by atoms with Crippen LogP contribution in [0.5, 0.6) is 0 Å². The van der Waals surface area contributed by atoms with Crippen molar-refractivity contribution in [2.45, 2.75) is 32.2 Å². The fourth-order valence-electron chi connectivity index (χ4n) is 2.84. The predicted octanol–water partition coefficient (Wildman–Crippen LogP) is 3.10. The Morgan fingerprint density at radius 2 is 1.95 bits per heavy atom. The third kappa shape index (κ3) is 2.63. The number of piperidine rings is 1. The summed E-state index contributed by atoms with van der Waals surface area (Å²) in [4.78, 5) is 17.4. The van der Waals surface area contributed by atoms with Crippen LogP contribution in [0.1, 0.15) is 25.7 Å². The number of likely N-dealkylation sites (tertiary alicyclic amines) is 1. The van der Waals surface area contributed by atoms with Crippen LogP contribution in [0.3, 0.4) is 0 Å². The molecule has 1 aliphatic heterocycles. The highest BCUT2D eigenvalue weighted by Crippen LogP contribution is 2.15. The minimum atomic E-state index is 0.247. The van der Waals surface area contributed by atoms with Crippen molar-refractivity contribution in [2.24, 2.45) is 0 Å². The Balaban J connectivity index is 1.72. The summed E-state index contributed by atoms with van der Waals surface area (Å²) < 4.78 is 2.71. The van der Waals surface area contributed by atoms with E-state index in [1.165, 1.54) is 6.42 Å². The van der Waals surface area contributed by atoms with Gasteiger partial charge in [-0.05, 0) is 43.6 Å². The second-order valence-corrected chi connectivity index (χ2v) is 5.68. The number of aryl methyl sites for hydroxylation is 1. The van der Waals surface area contributed by atoms with Crippen molar-refractivity contribution in [1.29, 1.82) is 0 Å². The summed E-state index contributed by atoms with van der Waals surface area (Å²) in [6, 6.07) is 8.02. The first-order valence-electron chi connectivity index (χ1n) is 7.21. The smallest absolute Gasteiger partial charge is 0.224 e. The molecule has 5 heteroatoms. The molecule has 1 saturated heterocycles. The quantitative estimate of drug-likeness (QED) is 0.882. The van der Waals surface area contributed by atoms with E-state index in [0.29, 0.717) is 17.7 Å². The lowest BCUT2D eigenvalue weighted by Gasteiger charge is -2.26. The molecule has 0 atom stereocenters. The average Bonchev–Trinajstić information content (AvgIpc) is 2.81. The molecule has 0 spiro atoms. The van der Waals surface area contributed by atoms with Gasteiger partial charge in [0.1, 0.15) is 0 Å². The van der Waals surface area contributed by atoms with Crippen LogP contribution in [0, 0.1) is 4.77 Å². The molecule has 2 aromatic rings. The number of rotatable bonds is 3. The SMILES string of the molecule is O=C(CCn1c(=S)[nH]c2ccccc21)N1CCCCC1. The van der Waals surface area contributed by atoms with Crippen LogP contribution in [0.2, 0.25) is 0 Å². The van der Waals surface area contributed by atoms with Crippen molar-refractivity contribution in [1.82, 2.24) is 14.5 Å². The number of imidazole rings is 1. The summed E-state index contributed by atoms with van der Waals surface area (Å²) in [6.45, 7) is 2.48. The van der Waals surface area contributed by atoms with E-state index in [9.17, 15) is 4.79 Å². The second-order valence-electron chi connectivity index (χ2n) is 5.29. The molecule has 4 nitrogen and oxygen atoms in total. The maximum Gasteiger partial charge on any atom is 0.224 e. The molecule has 3 rings (SSSR count). The van der Waals surface area contributed by atoms with Crippen LogP contribution in [0.25, 0.3) is 11.0 Å². The molecule has 1 fully saturated rings. The number of fused-ring (bicyclic) bond motifs is 1. The van der Waals surface area contributed by atoms with Gasteiger partial charge in [-0.25, -0.2) is 0 Å². The van der Waals surface area contributed by atoms with Gasteiger partial charge in [-0.2, -0.15) is 0 Å². The normalized spacial score (nSPS) is 15.7. The van der Waals surface area contributed by atoms with Gasteiger partial charge in [-0.3, -0.25) is 4.79 Å². The lowest BCUT2D eigenvalue weighted by Crippen LogP contribution is -2.36. The minimum absolute atomic E-state index is 0.247.